The van der Waals surface area contributed by atoms with Crippen molar-refractivity contribution >= 4 is 10.8 Å². The predicted molar refractivity (Wildman–Crippen MR) is 97.5 cm³/mol. The molecule has 0 amide bonds. The van der Waals surface area contributed by atoms with E-state index in [1.54, 1.807) is 0 Å². The van der Waals surface area contributed by atoms with Crippen molar-refractivity contribution in [2.45, 2.75) is 33.1 Å². The fourth-order valence-electron chi connectivity index (χ4n) is 2.91. The highest BCUT2D eigenvalue weighted by Gasteiger charge is 2.13. The summed E-state index contributed by atoms with van der Waals surface area (Å²) in [4.78, 5) is 0. The van der Waals surface area contributed by atoms with Crippen LogP contribution in [0.4, 0.5) is 0 Å². The van der Waals surface area contributed by atoms with Gasteiger partial charge in [0.25, 0.3) is 0 Å². The van der Waals surface area contributed by atoms with Crippen LogP contribution < -0.4 is 0 Å². The Hall–Kier alpha value is -2.59. The summed E-state index contributed by atoms with van der Waals surface area (Å²) in [5.41, 5.74) is 5.58. The first-order valence-corrected chi connectivity index (χ1v) is 7.93. The maximum Gasteiger partial charge on any atom is 0.0991 e. The van der Waals surface area contributed by atoms with Gasteiger partial charge in [0.15, 0.2) is 0 Å². The highest BCUT2D eigenvalue weighted by molar-refractivity contribution is 5.88. The molecule has 0 atom stereocenters. The molecular formula is C22H21N. The zero-order chi connectivity index (χ0) is 16.6. The van der Waals surface area contributed by atoms with Crippen LogP contribution in [-0.2, 0) is 5.41 Å². The number of hydrogen-bond donors (Lipinski definition) is 0. The molecule has 0 saturated carbocycles. The van der Waals surface area contributed by atoms with E-state index in [-0.39, 0.29) is 5.41 Å². The molecule has 0 aliphatic heterocycles. The molecule has 0 spiro atoms. The first kappa shape index (κ1) is 15.3. The quantitative estimate of drug-likeness (QED) is 0.542. The Morgan fingerprint density at radius 2 is 1.48 bits per heavy atom. The monoisotopic (exact) mass is 299 g/mol. The molecule has 0 aromatic heterocycles. The SMILES string of the molecule is Cc1cc(C#N)cc(-c2ccc3cc(C(C)(C)C)ccc3c2)c1. The van der Waals surface area contributed by atoms with Crippen LogP contribution in [0, 0.1) is 18.3 Å². The number of nitriles is 1. The van der Waals surface area contributed by atoms with Gasteiger partial charge >= 0.3 is 0 Å². The van der Waals surface area contributed by atoms with Gasteiger partial charge in [0.1, 0.15) is 0 Å². The van der Waals surface area contributed by atoms with Crippen LogP contribution in [-0.4, -0.2) is 0 Å². The molecule has 3 aromatic carbocycles. The molecule has 0 unspecified atom stereocenters. The van der Waals surface area contributed by atoms with Crippen LogP contribution in [0.15, 0.2) is 54.6 Å². The third-order valence-corrected chi connectivity index (χ3v) is 4.25. The van der Waals surface area contributed by atoms with E-state index in [4.69, 9.17) is 5.26 Å². The molecule has 0 aliphatic carbocycles. The van der Waals surface area contributed by atoms with Crippen molar-refractivity contribution in [2.24, 2.45) is 0 Å². The van der Waals surface area contributed by atoms with Gasteiger partial charge in [-0.25, -0.2) is 0 Å². The van der Waals surface area contributed by atoms with Crippen molar-refractivity contribution in [2.75, 3.05) is 0 Å². The molecule has 1 heteroatoms. The average Bonchev–Trinajstić information content (AvgIpc) is 2.52. The van der Waals surface area contributed by atoms with Gasteiger partial charge in [0, 0.05) is 0 Å². The standard InChI is InChI=1S/C22H21N/c1-15-9-16(14-23)11-20(10-15)18-5-6-19-13-21(22(2,3)4)8-7-17(19)12-18/h5-13H,1-4H3. The normalized spacial score (nSPS) is 11.4. The van der Waals surface area contributed by atoms with Crippen molar-refractivity contribution in [1.82, 2.24) is 0 Å². The Bertz CT molecular complexity index is 921. The summed E-state index contributed by atoms with van der Waals surface area (Å²) in [5.74, 6) is 0. The summed E-state index contributed by atoms with van der Waals surface area (Å²) >= 11 is 0. The third-order valence-electron chi connectivity index (χ3n) is 4.25. The average molecular weight is 299 g/mol. The number of rotatable bonds is 1. The van der Waals surface area contributed by atoms with Crippen molar-refractivity contribution in [3.05, 3.63) is 71.3 Å². The van der Waals surface area contributed by atoms with E-state index in [2.05, 4.69) is 69.3 Å². The summed E-state index contributed by atoms with van der Waals surface area (Å²) in [6.07, 6.45) is 0. The zero-order valence-corrected chi connectivity index (χ0v) is 14.1. The molecular weight excluding hydrogens is 278 g/mol. The van der Waals surface area contributed by atoms with Gasteiger partial charge in [-0.2, -0.15) is 5.26 Å². The molecule has 0 N–H and O–H groups in total. The van der Waals surface area contributed by atoms with Crippen LogP contribution >= 0.6 is 0 Å². The molecule has 1 nitrogen and oxygen atoms in total. The minimum Gasteiger partial charge on any atom is -0.192 e. The molecule has 0 fully saturated rings. The predicted octanol–water partition coefficient (Wildman–Crippen LogP) is 5.98. The lowest BCUT2D eigenvalue weighted by molar-refractivity contribution is 0.591. The maximum atomic E-state index is 9.16. The second-order valence-electron chi connectivity index (χ2n) is 7.23. The van der Waals surface area contributed by atoms with Crippen molar-refractivity contribution < 1.29 is 0 Å². The topological polar surface area (TPSA) is 23.8 Å². The van der Waals surface area contributed by atoms with Crippen LogP contribution in [0.1, 0.15) is 37.5 Å². The summed E-state index contributed by atoms with van der Waals surface area (Å²) in [6.45, 7) is 8.73. The lowest BCUT2D eigenvalue weighted by Gasteiger charge is -2.19. The van der Waals surface area contributed by atoms with Crippen LogP contribution in [0.5, 0.6) is 0 Å². The van der Waals surface area contributed by atoms with E-state index in [0.717, 1.165) is 16.7 Å². The smallest absolute Gasteiger partial charge is 0.0991 e. The van der Waals surface area contributed by atoms with E-state index in [1.165, 1.54) is 16.3 Å². The summed E-state index contributed by atoms with van der Waals surface area (Å²) in [5, 5.41) is 11.7. The second-order valence-corrected chi connectivity index (χ2v) is 7.23. The molecule has 114 valence electrons. The van der Waals surface area contributed by atoms with Gasteiger partial charge < -0.3 is 0 Å². The summed E-state index contributed by atoms with van der Waals surface area (Å²) in [6, 6.07) is 21.4. The van der Waals surface area contributed by atoms with Crippen molar-refractivity contribution in [1.29, 1.82) is 5.26 Å². The molecule has 0 radical (unpaired) electrons. The Kier molecular flexibility index (Phi) is 3.70. The van der Waals surface area contributed by atoms with Gasteiger partial charge in [-0.15, -0.1) is 0 Å². The Balaban J connectivity index is 2.11. The van der Waals surface area contributed by atoms with Crippen LogP contribution in [0.3, 0.4) is 0 Å². The van der Waals surface area contributed by atoms with E-state index >= 15 is 0 Å². The van der Waals surface area contributed by atoms with Crippen LogP contribution in [0.25, 0.3) is 21.9 Å². The van der Waals surface area contributed by atoms with E-state index in [9.17, 15) is 0 Å². The third kappa shape index (κ3) is 3.12. The summed E-state index contributed by atoms with van der Waals surface area (Å²) in [7, 11) is 0. The van der Waals surface area contributed by atoms with E-state index in [0.29, 0.717) is 5.56 Å². The zero-order valence-electron chi connectivity index (χ0n) is 14.1. The molecule has 0 heterocycles. The van der Waals surface area contributed by atoms with Gasteiger partial charge in [0.05, 0.1) is 11.6 Å². The number of nitrogens with zero attached hydrogens (tertiary/aromatic N) is 1. The van der Waals surface area contributed by atoms with Crippen molar-refractivity contribution in [3.8, 4) is 17.2 Å². The molecule has 0 bridgehead atoms. The first-order valence-electron chi connectivity index (χ1n) is 7.93. The largest absolute Gasteiger partial charge is 0.192 e. The minimum absolute atomic E-state index is 0.158. The number of fused-ring (bicyclic) bond motifs is 1. The Labute approximate surface area is 138 Å². The maximum absolute atomic E-state index is 9.16. The number of aryl methyl sites for hydroxylation is 1. The van der Waals surface area contributed by atoms with Crippen LogP contribution in [0.2, 0.25) is 0 Å². The molecule has 3 aromatic rings. The molecule has 0 aliphatic rings. The van der Waals surface area contributed by atoms with E-state index in [1.807, 2.05) is 19.1 Å². The molecule has 0 saturated heterocycles. The highest BCUT2D eigenvalue weighted by Crippen LogP contribution is 2.30. The summed E-state index contributed by atoms with van der Waals surface area (Å²) < 4.78 is 0. The highest BCUT2D eigenvalue weighted by atomic mass is 14.2. The fourth-order valence-corrected chi connectivity index (χ4v) is 2.91. The lowest BCUT2D eigenvalue weighted by atomic mass is 9.85. The van der Waals surface area contributed by atoms with Gasteiger partial charge in [-0.05, 0) is 63.6 Å². The Morgan fingerprint density at radius 1 is 0.783 bits per heavy atom. The molecule has 23 heavy (non-hydrogen) atoms. The van der Waals surface area contributed by atoms with E-state index < -0.39 is 0 Å². The van der Waals surface area contributed by atoms with Gasteiger partial charge in [-0.1, -0.05) is 57.2 Å². The van der Waals surface area contributed by atoms with Gasteiger partial charge in [0.2, 0.25) is 0 Å². The van der Waals surface area contributed by atoms with Crippen molar-refractivity contribution in [3.63, 3.8) is 0 Å². The first-order chi connectivity index (χ1) is 10.9. The second kappa shape index (κ2) is 5.56. The minimum atomic E-state index is 0.158. The number of benzene rings is 3. The number of hydrogen-bond acceptors (Lipinski definition) is 1. The Morgan fingerprint density at radius 3 is 2.17 bits per heavy atom. The molecule has 3 rings (SSSR count). The van der Waals surface area contributed by atoms with Gasteiger partial charge in [-0.3, -0.25) is 0 Å². The fraction of sp³-hybridized carbons (Fsp3) is 0.227. The lowest BCUT2D eigenvalue weighted by Crippen LogP contribution is -2.10.